The molecule has 7 heteroatoms. The van der Waals surface area contributed by atoms with Crippen molar-refractivity contribution >= 4 is 33.4 Å². The number of amides is 1. The first-order chi connectivity index (χ1) is 14.0. The fraction of sp³-hybridized carbons (Fsp3) is 0.545. The van der Waals surface area contributed by atoms with Gasteiger partial charge in [0, 0.05) is 17.2 Å². The third-order valence-corrected chi connectivity index (χ3v) is 7.70. The topological polar surface area (TPSA) is 56.2 Å². The minimum absolute atomic E-state index is 0.0961. The lowest BCUT2D eigenvalue weighted by Gasteiger charge is -2.56. The van der Waals surface area contributed by atoms with E-state index >= 15 is 0 Å². The molecule has 2 aromatic rings. The number of ether oxygens (including phenoxy) is 1. The van der Waals surface area contributed by atoms with Gasteiger partial charge in [-0.2, -0.15) is 5.10 Å². The zero-order valence-electron chi connectivity index (χ0n) is 16.2. The van der Waals surface area contributed by atoms with Crippen molar-refractivity contribution in [3.05, 3.63) is 45.7 Å². The third-order valence-electron chi connectivity index (χ3n) is 6.91. The Hall–Kier alpha value is -1.53. The quantitative estimate of drug-likeness (QED) is 0.614. The van der Waals surface area contributed by atoms with Crippen LogP contribution < -0.4 is 10.1 Å². The number of aromatic nitrogens is 2. The molecule has 1 aromatic heterocycles. The van der Waals surface area contributed by atoms with Gasteiger partial charge in [-0.3, -0.25) is 4.79 Å². The molecular weight excluding hydrogens is 454 g/mol. The zero-order chi connectivity index (χ0) is 20.0. The van der Waals surface area contributed by atoms with Gasteiger partial charge in [-0.05, 0) is 86.0 Å². The SMILES string of the molecule is O=C(NCC12CC3CC(CC(C3)C1)C2)c1ccn(COc2ccc(Br)cc2Cl)n1. The van der Waals surface area contributed by atoms with Crippen LogP contribution in [0.15, 0.2) is 34.9 Å². The van der Waals surface area contributed by atoms with Crippen molar-refractivity contribution in [1.29, 1.82) is 0 Å². The van der Waals surface area contributed by atoms with E-state index in [0.717, 1.165) is 28.8 Å². The van der Waals surface area contributed by atoms with E-state index in [2.05, 4.69) is 26.3 Å². The number of hydrogen-bond donors (Lipinski definition) is 1. The number of benzene rings is 1. The monoisotopic (exact) mass is 477 g/mol. The summed E-state index contributed by atoms with van der Waals surface area (Å²) in [5, 5.41) is 8.07. The van der Waals surface area contributed by atoms with E-state index in [4.69, 9.17) is 16.3 Å². The minimum Gasteiger partial charge on any atom is -0.470 e. The van der Waals surface area contributed by atoms with Crippen LogP contribution in [0.4, 0.5) is 0 Å². The fourth-order valence-corrected chi connectivity index (χ4v) is 6.88. The first kappa shape index (κ1) is 19.4. The molecule has 1 aromatic carbocycles. The molecule has 1 amide bonds. The summed E-state index contributed by atoms with van der Waals surface area (Å²) in [5.41, 5.74) is 0.759. The van der Waals surface area contributed by atoms with Crippen molar-refractivity contribution in [2.45, 2.75) is 45.3 Å². The summed E-state index contributed by atoms with van der Waals surface area (Å²) in [4.78, 5) is 12.7. The van der Waals surface area contributed by atoms with Crippen LogP contribution in [0.2, 0.25) is 5.02 Å². The van der Waals surface area contributed by atoms with Gasteiger partial charge in [0.25, 0.3) is 5.91 Å². The maximum atomic E-state index is 12.7. The molecule has 4 aliphatic rings. The van der Waals surface area contributed by atoms with E-state index in [1.807, 2.05) is 6.07 Å². The molecule has 0 spiro atoms. The highest BCUT2D eigenvalue weighted by Crippen LogP contribution is 2.59. The Kier molecular flexibility index (Phi) is 5.11. The lowest BCUT2D eigenvalue weighted by atomic mass is 9.49. The number of hydrogen-bond acceptors (Lipinski definition) is 3. The van der Waals surface area contributed by atoms with Crippen molar-refractivity contribution in [1.82, 2.24) is 15.1 Å². The third kappa shape index (κ3) is 4.06. The maximum Gasteiger partial charge on any atom is 0.271 e. The van der Waals surface area contributed by atoms with Gasteiger partial charge in [0.15, 0.2) is 6.73 Å². The normalized spacial score (nSPS) is 29.8. The molecular formula is C22H25BrClN3O2. The van der Waals surface area contributed by atoms with Crippen LogP contribution in [-0.4, -0.2) is 22.2 Å². The van der Waals surface area contributed by atoms with Gasteiger partial charge in [0.2, 0.25) is 0 Å². The molecule has 1 N–H and O–H groups in total. The molecule has 29 heavy (non-hydrogen) atoms. The van der Waals surface area contributed by atoms with Crippen molar-refractivity contribution in [2.75, 3.05) is 6.54 Å². The second-order valence-corrected chi connectivity index (χ2v) is 10.5. The van der Waals surface area contributed by atoms with E-state index < -0.39 is 0 Å². The summed E-state index contributed by atoms with van der Waals surface area (Å²) < 4.78 is 8.22. The van der Waals surface area contributed by atoms with E-state index in [-0.39, 0.29) is 12.6 Å². The van der Waals surface area contributed by atoms with Gasteiger partial charge in [-0.25, -0.2) is 4.68 Å². The van der Waals surface area contributed by atoms with Crippen LogP contribution in [0.3, 0.4) is 0 Å². The Balaban J connectivity index is 1.17. The molecule has 1 heterocycles. The highest BCUT2D eigenvalue weighted by atomic mass is 79.9. The first-order valence-electron chi connectivity index (χ1n) is 10.4. The largest absolute Gasteiger partial charge is 0.470 e. The molecule has 6 rings (SSSR count). The molecule has 4 aliphatic carbocycles. The smallest absolute Gasteiger partial charge is 0.271 e. The van der Waals surface area contributed by atoms with Crippen LogP contribution in [0.25, 0.3) is 0 Å². The number of rotatable bonds is 6. The number of halogens is 2. The Morgan fingerprint density at radius 2 is 1.90 bits per heavy atom. The summed E-state index contributed by atoms with van der Waals surface area (Å²) in [6.07, 6.45) is 9.87. The molecule has 4 bridgehead atoms. The highest BCUT2D eigenvalue weighted by Gasteiger charge is 2.50. The first-order valence-corrected chi connectivity index (χ1v) is 11.5. The Bertz CT molecular complexity index is 893. The molecule has 4 saturated carbocycles. The van der Waals surface area contributed by atoms with Crippen LogP contribution in [0, 0.1) is 23.2 Å². The number of carbonyl (C=O) groups is 1. The average Bonchev–Trinajstić information content (AvgIpc) is 3.13. The summed E-state index contributed by atoms with van der Waals surface area (Å²) >= 11 is 9.55. The van der Waals surface area contributed by atoms with E-state index in [1.54, 1.807) is 29.1 Å². The van der Waals surface area contributed by atoms with Crippen LogP contribution in [0.1, 0.15) is 49.0 Å². The van der Waals surface area contributed by atoms with Gasteiger partial charge in [-0.15, -0.1) is 0 Å². The number of nitrogens with zero attached hydrogens (tertiary/aromatic N) is 2. The summed E-state index contributed by atoms with van der Waals surface area (Å²) in [6.45, 7) is 0.983. The van der Waals surface area contributed by atoms with E-state index in [0.29, 0.717) is 21.9 Å². The van der Waals surface area contributed by atoms with E-state index in [1.165, 1.54) is 38.5 Å². The van der Waals surface area contributed by atoms with Crippen molar-refractivity contribution < 1.29 is 9.53 Å². The van der Waals surface area contributed by atoms with Gasteiger partial charge >= 0.3 is 0 Å². The van der Waals surface area contributed by atoms with Gasteiger partial charge in [-0.1, -0.05) is 27.5 Å². The zero-order valence-corrected chi connectivity index (χ0v) is 18.6. The predicted molar refractivity (Wildman–Crippen MR) is 115 cm³/mol. The van der Waals surface area contributed by atoms with Gasteiger partial charge in [0.05, 0.1) is 5.02 Å². The number of carbonyl (C=O) groups excluding carboxylic acids is 1. The Labute approximate surface area is 184 Å². The molecule has 0 radical (unpaired) electrons. The lowest BCUT2D eigenvalue weighted by molar-refractivity contribution is -0.0503. The summed E-state index contributed by atoms with van der Waals surface area (Å²) in [5.74, 6) is 3.15. The average molecular weight is 479 g/mol. The summed E-state index contributed by atoms with van der Waals surface area (Å²) in [6, 6.07) is 7.19. The minimum atomic E-state index is -0.0961. The van der Waals surface area contributed by atoms with Crippen molar-refractivity contribution in [3.63, 3.8) is 0 Å². The van der Waals surface area contributed by atoms with E-state index in [9.17, 15) is 4.79 Å². The summed E-state index contributed by atoms with van der Waals surface area (Å²) in [7, 11) is 0. The molecule has 0 atom stereocenters. The van der Waals surface area contributed by atoms with Gasteiger partial charge < -0.3 is 10.1 Å². The number of nitrogens with one attached hydrogen (secondary N) is 1. The van der Waals surface area contributed by atoms with Crippen LogP contribution in [0.5, 0.6) is 5.75 Å². The standard InChI is InChI=1S/C22H25BrClN3O2/c23-17-1-2-20(18(24)8-17)29-13-27-4-3-19(26-27)21(28)25-12-22-9-14-5-15(10-22)7-16(6-14)11-22/h1-4,8,14-16H,5-7,9-13H2,(H,25,28). The maximum absolute atomic E-state index is 12.7. The van der Waals surface area contributed by atoms with Crippen molar-refractivity contribution in [2.24, 2.45) is 23.2 Å². The molecule has 154 valence electrons. The second-order valence-electron chi connectivity index (χ2n) is 9.19. The Morgan fingerprint density at radius 1 is 1.21 bits per heavy atom. The highest BCUT2D eigenvalue weighted by molar-refractivity contribution is 9.10. The molecule has 0 saturated heterocycles. The Morgan fingerprint density at radius 3 is 2.55 bits per heavy atom. The van der Waals surface area contributed by atoms with Crippen molar-refractivity contribution in [3.8, 4) is 5.75 Å². The van der Waals surface area contributed by atoms with Crippen LogP contribution >= 0.6 is 27.5 Å². The molecule has 4 fully saturated rings. The second kappa shape index (κ2) is 7.62. The predicted octanol–water partition coefficient (Wildman–Crippen LogP) is 5.28. The molecule has 0 aliphatic heterocycles. The van der Waals surface area contributed by atoms with Crippen LogP contribution in [-0.2, 0) is 6.73 Å². The van der Waals surface area contributed by atoms with Gasteiger partial charge in [0.1, 0.15) is 11.4 Å². The lowest BCUT2D eigenvalue weighted by Crippen LogP contribution is -2.51. The molecule has 0 unspecified atom stereocenters. The molecule has 5 nitrogen and oxygen atoms in total. The fourth-order valence-electron chi connectivity index (χ4n) is 6.15.